The molecule has 0 aliphatic heterocycles. The van der Waals surface area contributed by atoms with Crippen molar-refractivity contribution in [3.8, 4) is 0 Å². The Hall–Kier alpha value is -1.88. The Labute approximate surface area is 131 Å². The first-order chi connectivity index (χ1) is 10.5. The number of hydrogen-bond donors (Lipinski definition) is 3. The summed E-state index contributed by atoms with van der Waals surface area (Å²) in [6, 6.07) is 7.14. The van der Waals surface area contributed by atoms with Gasteiger partial charge < -0.3 is 15.7 Å². The van der Waals surface area contributed by atoms with Gasteiger partial charge in [-0.1, -0.05) is 31.4 Å². The van der Waals surface area contributed by atoms with E-state index in [1.54, 1.807) is 25.2 Å². The number of aliphatic hydroxyl groups is 1. The van der Waals surface area contributed by atoms with Gasteiger partial charge in [-0.25, -0.2) is 0 Å². The summed E-state index contributed by atoms with van der Waals surface area (Å²) in [7, 11) is 1.58. The van der Waals surface area contributed by atoms with Crippen LogP contribution in [0.3, 0.4) is 0 Å². The Morgan fingerprint density at radius 1 is 1.23 bits per heavy atom. The van der Waals surface area contributed by atoms with E-state index in [2.05, 4.69) is 10.6 Å². The Balaban J connectivity index is 1.87. The third kappa shape index (κ3) is 4.56. The average Bonchev–Trinajstić information content (AvgIpc) is 2.52. The fourth-order valence-corrected chi connectivity index (χ4v) is 2.92. The third-order valence-electron chi connectivity index (χ3n) is 4.18. The molecule has 5 heteroatoms. The highest BCUT2D eigenvalue weighted by Gasteiger charge is 2.31. The zero-order chi connectivity index (χ0) is 16.0. The molecule has 1 saturated carbocycles. The van der Waals surface area contributed by atoms with Crippen molar-refractivity contribution in [2.45, 2.75) is 50.7 Å². The van der Waals surface area contributed by atoms with Gasteiger partial charge in [-0.05, 0) is 30.5 Å². The van der Waals surface area contributed by atoms with Crippen molar-refractivity contribution in [2.24, 2.45) is 0 Å². The summed E-state index contributed by atoms with van der Waals surface area (Å²) in [6.45, 7) is 0.361. The number of hydrogen-bond acceptors (Lipinski definition) is 3. The molecule has 0 atom stereocenters. The number of carbonyl (C=O) groups is 2. The largest absolute Gasteiger partial charge is 0.389 e. The molecule has 1 aromatic carbocycles. The summed E-state index contributed by atoms with van der Waals surface area (Å²) in [4.78, 5) is 23.6. The van der Waals surface area contributed by atoms with Gasteiger partial charge in [0.1, 0.15) is 0 Å². The molecule has 3 N–H and O–H groups in total. The van der Waals surface area contributed by atoms with Crippen molar-refractivity contribution < 1.29 is 14.7 Å². The van der Waals surface area contributed by atoms with Crippen LogP contribution in [0, 0.1) is 0 Å². The summed E-state index contributed by atoms with van der Waals surface area (Å²) in [5.74, 6) is -0.292. The van der Waals surface area contributed by atoms with Crippen LogP contribution in [-0.2, 0) is 11.3 Å². The number of amides is 2. The Kier molecular flexibility index (Phi) is 5.55. The van der Waals surface area contributed by atoms with Crippen LogP contribution in [0.2, 0.25) is 0 Å². The molecular weight excluding hydrogens is 280 g/mol. The summed E-state index contributed by atoms with van der Waals surface area (Å²) in [5, 5.41) is 15.8. The van der Waals surface area contributed by atoms with E-state index in [9.17, 15) is 14.7 Å². The van der Waals surface area contributed by atoms with E-state index in [0.717, 1.165) is 24.8 Å². The maximum atomic E-state index is 12.0. The van der Waals surface area contributed by atoms with Crippen LogP contribution in [0.25, 0.3) is 0 Å². The summed E-state index contributed by atoms with van der Waals surface area (Å²) >= 11 is 0. The zero-order valence-corrected chi connectivity index (χ0v) is 13.0. The van der Waals surface area contributed by atoms with Crippen molar-refractivity contribution in [2.75, 3.05) is 7.05 Å². The molecule has 22 heavy (non-hydrogen) atoms. The molecule has 1 aliphatic carbocycles. The maximum absolute atomic E-state index is 12.0. The minimum Gasteiger partial charge on any atom is -0.389 e. The normalized spacial score (nSPS) is 16.8. The minimum absolute atomic E-state index is 0.144. The monoisotopic (exact) mass is 304 g/mol. The number of benzene rings is 1. The molecule has 2 rings (SSSR count). The SMILES string of the molecule is CNC(=O)c1cccc(CNC(=O)CC2(O)CCCCC2)c1. The average molecular weight is 304 g/mol. The first kappa shape index (κ1) is 16.5. The van der Waals surface area contributed by atoms with Gasteiger partial charge >= 0.3 is 0 Å². The van der Waals surface area contributed by atoms with Gasteiger partial charge in [0.25, 0.3) is 5.91 Å². The second-order valence-electron chi connectivity index (χ2n) is 6.02. The van der Waals surface area contributed by atoms with E-state index < -0.39 is 5.60 Å². The van der Waals surface area contributed by atoms with Crippen LogP contribution in [0.4, 0.5) is 0 Å². The van der Waals surface area contributed by atoms with Crippen LogP contribution >= 0.6 is 0 Å². The van der Waals surface area contributed by atoms with Crippen LogP contribution < -0.4 is 10.6 Å². The molecule has 1 aliphatic rings. The highest BCUT2D eigenvalue weighted by Crippen LogP contribution is 2.30. The van der Waals surface area contributed by atoms with Gasteiger partial charge in [0.2, 0.25) is 5.91 Å². The Morgan fingerprint density at radius 3 is 2.64 bits per heavy atom. The number of carbonyl (C=O) groups excluding carboxylic acids is 2. The molecule has 0 aromatic heterocycles. The van der Waals surface area contributed by atoms with Gasteiger partial charge in [-0.3, -0.25) is 9.59 Å². The molecule has 0 spiro atoms. The fraction of sp³-hybridized carbons (Fsp3) is 0.529. The molecule has 0 radical (unpaired) electrons. The predicted molar refractivity (Wildman–Crippen MR) is 84.3 cm³/mol. The lowest BCUT2D eigenvalue weighted by Crippen LogP contribution is -2.38. The molecule has 2 amide bonds. The van der Waals surface area contributed by atoms with Gasteiger partial charge in [-0.2, -0.15) is 0 Å². The topological polar surface area (TPSA) is 78.4 Å². The van der Waals surface area contributed by atoms with E-state index in [1.165, 1.54) is 0 Å². The Morgan fingerprint density at radius 2 is 1.95 bits per heavy atom. The van der Waals surface area contributed by atoms with Gasteiger partial charge in [0.05, 0.1) is 12.0 Å². The van der Waals surface area contributed by atoms with Gasteiger partial charge in [-0.15, -0.1) is 0 Å². The van der Waals surface area contributed by atoms with Gasteiger partial charge in [0.15, 0.2) is 0 Å². The summed E-state index contributed by atoms with van der Waals surface area (Å²) < 4.78 is 0. The molecular formula is C17H24N2O3. The lowest BCUT2D eigenvalue weighted by atomic mass is 9.82. The van der Waals surface area contributed by atoms with Gasteiger partial charge in [0, 0.05) is 19.2 Å². The minimum atomic E-state index is -0.841. The molecule has 120 valence electrons. The van der Waals surface area contributed by atoms with Crippen molar-refractivity contribution in [1.82, 2.24) is 10.6 Å². The lowest BCUT2D eigenvalue weighted by molar-refractivity contribution is -0.127. The van der Waals surface area contributed by atoms with Crippen molar-refractivity contribution >= 4 is 11.8 Å². The standard InChI is InChI=1S/C17H24N2O3/c1-18-16(21)14-7-5-6-13(10-14)12-19-15(20)11-17(22)8-3-2-4-9-17/h5-7,10,22H,2-4,8-9,11-12H2,1H3,(H,18,21)(H,19,20). The summed E-state index contributed by atoms with van der Waals surface area (Å²) in [5.41, 5.74) is 0.594. The van der Waals surface area contributed by atoms with Crippen molar-refractivity contribution in [3.63, 3.8) is 0 Å². The number of nitrogens with one attached hydrogen (secondary N) is 2. The molecule has 0 heterocycles. The first-order valence-corrected chi connectivity index (χ1v) is 7.82. The lowest BCUT2D eigenvalue weighted by Gasteiger charge is -2.31. The fourth-order valence-electron chi connectivity index (χ4n) is 2.92. The first-order valence-electron chi connectivity index (χ1n) is 7.82. The van der Waals surface area contributed by atoms with E-state index in [-0.39, 0.29) is 18.2 Å². The quantitative estimate of drug-likeness (QED) is 0.775. The van der Waals surface area contributed by atoms with Crippen molar-refractivity contribution in [1.29, 1.82) is 0 Å². The van der Waals surface area contributed by atoms with E-state index in [1.807, 2.05) is 6.07 Å². The molecule has 0 bridgehead atoms. The smallest absolute Gasteiger partial charge is 0.251 e. The zero-order valence-electron chi connectivity index (χ0n) is 13.0. The van der Waals surface area contributed by atoms with Crippen LogP contribution in [0.15, 0.2) is 24.3 Å². The maximum Gasteiger partial charge on any atom is 0.251 e. The molecule has 1 fully saturated rings. The highest BCUT2D eigenvalue weighted by atomic mass is 16.3. The predicted octanol–water partition coefficient (Wildman–Crippen LogP) is 1.75. The molecule has 0 saturated heterocycles. The third-order valence-corrected chi connectivity index (χ3v) is 4.18. The molecule has 0 unspecified atom stereocenters. The number of rotatable bonds is 5. The van der Waals surface area contributed by atoms with Crippen LogP contribution in [0.5, 0.6) is 0 Å². The highest BCUT2D eigenvalue weighted by molar-refractivity contribution is 5.94. The van der Waals surface area contributed by atoms with Crippen molar-refractivity contribution in [3.05, 3.63) is 35.4 Å². The Bertz CT molecular complexity index is 536. The summed E-state index contributed by atoms with van der Waals surface area (Å²) in [6.07, 6.45) is 4.66. The second kappa shape index (κ2) is 7.40. The second-order valence-corrected chi connectivity index (χ2v) is 6.02. The molecule has 5 nitrogen and oxygen atoms in total. The van der Waals surface area contributed by atoms with E-state index >= 15 is 0 Å². The molecule has 1 aromatic rings. The van der Waals surface area contributed by atoms with E-state index in [4.69, 9.17) is 0 Å². The van der Waals surface area contributed by atoms with E-state index in [0.29, 0.717) is 24.9 Å². The van der Waals surface area contributed by atoms with Crippen LogP contribution in [-0.4, -0.2) is 29.6 Å². The van der Waals surface area contributed by atoms with Crippen LogP contribution in [0.1, 0.15) is 54.4 Å².